The first-order valence-electron chi connectivity index (χ1n) is 11.6. The molecule has 0 aliphatic carbocycles. The molecule has 3 aliphatic rings. The highest BCUT2D eigenvalue weighted by atomic mass is 32.1. The Kier molecular flexibility index (Phi) is 6.66. The van der Waals surface area contributed by atoms with Crippen molar-refractivity contribution in [3.05, 3.63) is 68.8 Å². The topological polar surface area (TPSA) is 124 Å². The van der Waals surface area contributed by atoms with E-state index in [2.05, 4.69) is 20.2 Å². The van der Waals surface area contributed by atoms with Crippen LogP contribution in [0, 0.1) is 0 Å². The molecule has 1 amide bonds. The molecule has 0 unspecified atom stereocenters. The van der Waals surface area contributed by atoms with Crippen LogP contribution in [0.3, 0.4) is 0 Å². The highest BCUT2D eigenvalue weighted by molar-refractivity contribution is 7.11. The number of carbonyl (C=O) groups is 3. The first-order chi connectivity index (χ1) is 17.4. The predicted molar refractivity (Wildman–Crippen MR) is 134 cm³/mol. The summed E-state index contributed by atoms with van der Waals surface area (Å²) in [5.74, 6) is -0.783. The smallest absolute Gasteiger partial charge is 0.337 e. The third-order valence-corrected chi connectivity index (χ3v) is 7.14. The number of carboxylic acid groups (broad SMARTS) is 1. The average molecular weight is 508 g/mol. The second kappa shape index (κ2) is 10.0. The molecule has 0 fully saturated rings. The van der Waals surface area contributed by atoms with Crippen LogP contribution in [0.25, 0.3) is 0 Å². The van der Waals surface area contributed by atoms with Crippen LogP contribution >= 0.6 is 11.3 Å². The van der Waals surface area contributed by atoms with Crippen LogP contribution in [0.4, 0.5) is 5.69 Å². The molecule has 0 bridgehead atoms. The Hall–Kier alpha value is -3.83. The lowest BCUT2D eigenvalue weighted by Gasteiger charge is -2.30. The van der Waals surface area contributed by atoms with Crippen molar-refractivity contribution in [3.8, 4) is 0 Å². The summed E-state index contributed by atoms with van der Waals surface area (Å²) in [6, 6.07) is 6.35. The number of hydrogen-bond donors (Lipinski definition) is 2. The molecule has 11 heteroatoms. The minimum Gasteiger partial charge on any atom is -0.478 e. The molecule has 2 aromatic rings. The number of esters is 1. The van der Waals surface area contributed by atoms with Crippen molar-refractivity contribution in [2.24, 2.45) is 4.99 Å². The number of anilines is 1. The van der Waals surface area contributed by atoms with E-state index in [-0.39, 0.29) is 30.6 Å². The van der Waals surface area contributed by atoms with E-state index in [4.69, 9.17) is 9.84 Å². The van der Waals surface area contributed by atoms with Gasteiger partial charge in [-0.15, -0.1) is 11.3 Å². The van der Waals surface area contributed by atoms with Gasteiger partial charge in [-0.25, -0.2) is 14.6 Å². The standard InChI is InChI=1S/C25H25N5O5S/c1-2-35-25(34)19-11-27-21(22-26-8-10-36-22)28-20(19)14-29-9-7-18-16(12-29)13-30(23(18)31)17-5-3-15(4-6-17)24(32)33/h3-6,8,10H,2,7,9,11-14H2,1H3,(H,27,28)(H,32,33). The van der Waals surface area contributed by atoms with Gasteiger partial charge in [0, 0.05) is 54.7 Å². The van der Waals surface area contributed by atoms with Gasteiger partial charge in [0.2, 0.25) is 0 Å². The lowest BCUT2D eigenvalue weighted by atomic mass is 10.0. The van der Waals surface area contributed by atoms with E-state index in [1.54, 1.807) is 30.2 Å². The van der Waals surface area contributed by atoms with Gasteiger partial charge in [0.05, 0.1) is 24.3 Å². The van der Waals surface area contributed by atoms with Crippen LogP contribution in [0.2, 0.25) is 0 Å². The molecular weight excluding hydrogens is 482 g/mol. The molecule has 0 atom stereocenters. The van der Waals surface area contributed by atoms with Crippen LogP contribution in [-0.2, 0) is 14.3 Å². The summed E-state index contributed by atoms with van der Waals surface area (Å²) < 4.78 is 5.26. The van der Waals surface area contributed by atoms with Crippen LogP contribution in [0.1, 0.15) is 28.7 Å². The van der Waals surface area contributed by atoms with Crippen LogP contribution in [0.15, 0.2) is 63.3 Å². The van der Waals surface area contributed by atoms with Gasteiger partial charge in [0.1, 0.15) is 0 Å². The van der Waals surface area contributed by atoms with Crippen molar-refractivity contribution in [2.75, 3.05) is 44.2 Å². The molecule has 0 saturated carbocycles. The zero-order valence-corrected chi connectivity index (χ0v) is 20.5. The number of aliphatic imine (C=N–C) groups is 1. The maximum Gasteiger partial charge on any atom is 0.337 e. The Bertz CT molecular complexity index is 1300. The second-order valence-corrected chi connectivity index (χ2v) is 9.49. The van der Waals surface area contributed by atoms with E-state index in [9.17, 15) is 14.4 Å². The second-order valence-electron chi connectivity index (χ2n) is 8.59. The third-order valence-electron chi connectivity index (χ3n) is 6.36. The predicted octanol–water partition coefficient (Wildman–Crippen LogP) is 2.06. The maximum atomic E-state index is 13.1. The molecule has 1 aromatic heterocycles. The average Bonchev–Trinajstić information content (AvgIpc) is 3.53. The third kappa shape index (κ3) is 4.67. The lowest BCUT2D eigenvalue weighted by molar-refractivity contribution is -0.138. The van der Waals surface area contributed by atoms with Crippen molar-refractivity contribution in [1.82, 2.24) is 15.2 Å². The van der Waals surface area contributed by atoms with Gasteiger partial charge in [-0.1, -0.05) is 0 Å². The van der Waals surface area contributed by atoms with E-state index < -0.39 is 5.97 Å². The van der Waals surface area contributed by atoms with Gasteiger partial charge >= 0.3 is 11.9 Å². The van der Waals surface area contributed by atoms with Crippen LogP contribution in [-0.4, -0.2) is 78.0 Å². The molecule has 1 aromatic carbocycles. The van der Waals surface area contributed by atoms with Crippen LogP contribution in [0.5, 0.6) is 0 Å². The largest absolute Gasteiger partial charge is 0.478 e. The Morgan fingerprint density at radius 3 is 2.72 bits per heavy atom. The number of hydrogen-bond acceptors (Lipinski definition) is 9. The van der Waals surface area contributed by atoms with E-state index in [0.29, 0.717) is 49.7 Å². The maximum absolute atomic E-state index is 13.1. The molecular formula is C25H25N5O5S. The molecule has 0 radical (unpaired) electrons. The van der Waals surface area contributed by atoms with Crippen molar-refractivity contribution in [3.63, 3.8) is 0 Å². The number of benzene rings is 1. The molecule has 186 valence electrons. The Labute approximate surface area is 211 Å². The molecule has 2 N–H and O–H groups in total. The minimum atomic E-state index is -1.00. The number of amides is 1. The van der Waals surface area contributed by atoms with Crippen molar-refractivity contribution in [2.45, 2.75) is 13.3 Å². The number of carboxylic acids is 1. The number of ether oxygens (including phenoxy) is 1. The minimum absolute atomic E-state index is 0.0341. The van der Waals surface area contributed by atoms with Crippen LogP contribution < -0.4 is 10.2 Å². The number of thiazole rings is 1. The van der Waals surface area contributed by atoms with Crippen molar-refractivity contribution in [1.29, 1.82) is 0 Å². The summed E-state index contributed by atoms with van der Waals surface area (Å²) in [6.07, 6.45) is 2.32. The van der Waals surface area contributed by atoms with Gasteiger partial charge in [-0.2, -0.15) is 0 Å². The summed E-state index contributed by atoms with van der Waals surface area (Å²) >= 11 is 1.47. The number of amidine groups is 1. The Morgan fingerprint density at radius 1 is 1.22 bits per heavy atom. The molecule has 36 heavy (non-hydrogen) atoms. The zero-order chi connectivity index (χ0) is 25.2. The van der Waals surface area contributed by atoms with Crippen molar-refractivity contribution < 1.29 is 24.2 Å². The molecule has 0 spiro atoms. The van der Waals surface area contributed by atoms with E-state index in [1.807, 2.05) is 5.38 Å². The molecule has 10 nitrogen and oxygen atoms in total. The molecule has 5 rings (SSSR count). The zero-order valence-electron chi connectivity index (χ0n) is 19.7. The van der Waals surface area contributed by atoms with Gasteiger partial charge in [-0.05, 0) is 43.2 Å². The normalized spacial score (nSPS) is 18.2. The fraction of sp³-hybridized carbons (Fsp3) is 0.320. The van der Waals surface area contributed by atoms with Gasteiger partial charge in [0.15, 0.2) is 10.8 Å². The number of rotatable bonds is 7. The first kappa shape index (κ1) is 23.9. The van der Waals surface area contributed by atoms with E-state index in [1.165, 1.54) is 23.5 Å². The van der Waals surface area contributed by atoms with E-state index >= 15 is 0 Å². The number of carbonyl (C=O) groups excluding carboxylic acids is 2. The number of nitrogens with zero attached hydrogens (tertiary/aromatic N) is 4. The fourth-order valence-electron chi connectivity index (χ4n) is 4.59. The number of aromatic carboxylic acids is 1. The summed E-state index contributed by atoms with van der Waals surface area (Å²) in [4.78, 5) is 49.6. The Morgan fingerprint density at radius 2 is 2.03 bits per heavy atom. The highest BCUT2D eigenvalue weighted by Crippen LogP contribution is 2.31. The van der Waals surface area contributed by atoms with Gasteiger partial charge < -0.3 is 20.1 Å². The monoisotopic (exact) mass is 507 g/mol. The molecule has 0 saturated heterocycles. The number of nitrogens with one attached hydrogen (secondary N) is 1. The van der Waals surface area contributed by atoms with Gasteiger partial charge in [0.25, 0.3) is 5.91 Å². The summed E-state index contributed by atoms with van der Waals surface area (Å²) in [5.41, 5.74) is 3.95. The number of aromatic nitrogens is 1. The SMILES string of the molecule is CCOC(=O)C1=C(CN2CCC3=C(C2)CN(c2ccc(C(=O)O)cc2)C3=O)NC(c2nccs2)=NC1. The molecule has 4 heterocycles. The fourth-order valence-corrected chi connectivity index (χ4v) is 5.18. The first-order valence-corrected chi connectivity index (χ1v) is 12.5. The quantitative estimate of drug-likeness (QED) is 0.546. The highest BCUT2D eigenvalue weighted by Gasteiger charge is 2.35. The van der Waals surface area contributed by atoms with Gasteiger partial charge in [-0.3, -0.25) is 14.7 Å². The molecule has 3 aliphatic heterocycles. The van der Waals surface area contributed by atoms with Crippen molar-refractivity contribution >= 4 is 40.7 Å². The summed E-state index contributed by atoms with van der Waals surface area (Å²) in [6.45, 7) is 4.48. The Balaban J connectivity index is 1.31. The van der Waals surface area contributed by atoms with E-state index in [0.717, 1.165) is 21.9 Å². The summed E-state index contributed by atoms with van der Waals surface area (Å²) in [7, 11) is 0. The lowest BCUT2D eigenvalue weighted by Crippen LogP contribution is -2.41. The summed E-state index contributed by atoms with van der Waals surface area (Å²) in [5, 5.41) is 15.1.